The van der Waals surface area contributed by atoms with E-state index in [1.807, 2.05) is 69.5 Å². The van der Waals surface area contributed by atoms with Gasteiger partial charge in [-0.3, -0.25) is 5.01 Å². The quantitative estimate of drug-likeness (QED) is 0.304. The predicted octanol–water partition coefficient (Wildman–Crippen LogP) is 5.77. The highest BCUT2D eigenvalue weighted by atomic mass is 15.5. The molecule has 0 radical (unpaired) electrons. The van der Waals surface area contributed by atoms with Crippen molar-refractivity contribution in [2.75, 3.05) is 14.1 Å². The summed E-state index contributed by atoms with van der Waals surface area (Å²) in [6, 6.07) is 0. The molecule has 0 amide bonds. The first-order valence-electron chi connectivity index (χ1n) is 8.03. The first kappa shape index (κ1) is 36.8. The molecule has 0 aliphatic rings. The van der Waals surface area contributed by atoms with Crippen LogP contribution in [0.3, 0.4) is 0 Å². The van der Waals surface area contributed by atoms with Crippen LogP contribution in [-0.2, 0) is 0 Å². The number of hydrazine groups is 1. The normalized spacial score (nSPS) is 7.14. The van der Waals surface area contributed by atoms with Gasteiger partial charge in [-0.05, 0) is 13.8 Å². The van der Waals surface area contributed by atoms with Gasteiger partial charge in [-0.15, -0.1) is 11.7 Å². The van der Waals surface area contributed by atoms with Crippen molar-refractivity contribution in [2.24, 2.45) is 10.2 Å². The molecule has 0 aromatic carbocycles. The Morgan fingerprint density at radius 3 is 1.48 bits per heavy atom. The van der Waals surface area contributed by atoms with Gasteiger partial charge in [0.05, 0.1) is 0 Å². The average Bonchev–Trinajstić information content (AvgIpc) is 2.54. The molecule has 21 heavy (non-hydrogen) atoms. The molecular formula is C17H44N4. The largest absolute Gasteiger partial charge is 0.298 e. The summed E-state index contributed by atoms with van der Waals surface area (Å²) in [6.45, 7) is 26.6. The molecule has 0 spiro atoms. The lowest BCUT2D eigenvalue weighted by Crippen LogP contribution is -2.34. The van der Waals surface area contributed by atoms with Crippen LogP contribution in [0.25, 0.3) is 0 Å². The molecule has 0 saturated heterocycles. The van der Waals surface area contributed by atoms with Crippen LogP contribution in [0, 0.1) is 0 Å². The van der Waals surface area contributed by atoms with Gasteiger partial charge in [-0.1, -0.05) is 67.9 Å². The summed E-state index contributed by atoms with van der Waals surface area (Å²) >= 11 is 0. The molecular weight excluding hydrogens is 260 g/mol. The van der Waals surface area contributed by atoms with Crippen LogP contribution in [0.15, 0.2) is 22.9 Å². The molecule has 0 rings (SSSR count). The molecule has 4 heteroatoms. The van der Waals surface area contributed by atoms with Gasteiger partial charge >= 0.3 is 0 Å². The van der Waals surface area contributed by atoms with Gasteiger partial charge in [0, 0.05) is 20.8 Å². The van der Waals surface area contributed by atoms with E-state index < -0.39 is 0 Å². The Kier molecular flexibility index (Phi) is 108. The zero-order valence-electron chi connectivity index (χ0n) is 17.0. The molecule has 0 aromatic rings. The lowest BCUT2D eigenvalue weighted by Gasteiger charge is -2.14. The molecule has 0 aliphatic carbocycles. The van der Waals surface area contributed by atoms with Crippen molar-refractivity contribution in [2.45, 2.75) is 75.7 Å². The number of hydrogen-bond acceptors (Lipinski definition) is 3. The van der Waals surface area contributed by atoms with Gasteiger partial charge in [-0.2, -0.15) is 5.10 Å². The Labute approximate surface area is 136 Å². The second-order valence-corrected chi connectivity index (χ2v) is 2.69. The van der Waals surface area contributed by atoms with Gasteiger partial charge in [0.1, 0.15) is 5.84 Å². The Morgan fingerprint density at radius 1 is 1.10 bits per heavy atom. The molecule has 0 heterocycles. The summed E-state index contributed by atoms with van der Waals surface area (Å²) in [7, 11) is 3.66. The minimum Gasteiger partial charge on any atom is -0.298 e. The minimum atomic E-state index is 0.785. The minimum absolute atomic E-state index is 0.785. The van der Waals surface area contributed by atoms with E-state index in [9.17, 15) is 0 Å². The van der Waals surface area contributed by atoms with Crippen molar-refractivity contribution in [3.05, 3.63) is 12.7 Å². The molecule has 0 bridgehead atoms. The predicted molar refractivity (Wildman–Crippen MR) is 105 cm³/mol. The summed E-state index contributed by atoms with van der Waals surface area (Å²) in [5.74, 6) is 0.785. The second kappa shape index (κ2) is 61.9. The van der Waals surface area contributed by atoms with E-state index in [0.29, 0.717) is 0 Å². The van der Waals surface area contributed by atoms with Crippen molar-refractivity contribution in [3.8, 4) is 0 Å². The summed E-state index contributed by atoms with van der Waals surface area (Å²) in [5, 5.41) is 8.79. The van der Waals surface area contributed by atoms with Crippen LogP contribution in [0.5, 0.6) is 0 Å². The molecule has 0 aromatic heterocycles. The number of nitrogens with zero attached hydrogens (tertiary/aromatic N) is 3. The summed E-state index contributed by atoms with van der Waals surface area (Å²) < 4.78 is 0. The number of rotatable bonds is 2. The van der Waals surface area contributed by atoms with Crippen LogP contribution in [0.1, 0.15) is 75.7 Å². The Morgan fingerprint density at radius 2 is 1.33 bits per heavy atom. The fraction of sp³-hybridized carbons (Fsp3) is 0.765. The average molecular weight is 305 g/mol. The smallest absolute Gasteiger partial charge is 0.138 e. The van der Waals surface area contributed by atoms with Crippen molar-refractivity contribution in [1.29, 1.82) is 0 Å². The highest BCUT2D eigenvalue weighted by Crippen LogP contribution is 1.80. The Balaban J connectivity index is -0.0000000393. The first-order valence-corrected chi connectivity index (χ1v) is 8.03. The topological polar surface area (TPSA) is 40.0 Å². The first-order chi connectivity index (χ1) is 10.0. The van der Waals surface area contributed by atoms with Crippen molar-refractivity contribution >= 4 is 12.6 Å². The Bertz CT molecular complexity index is 166. The molecule has 0 fully saturated rings. The fourth-order valence-electron chi connectivity index (χ4n) is 0.331. The highest BCUT2D eigenvalue weighted by molar-refractivity contribution is 5.78. The number of amidine groups is 1. The molecule has 1 N–H and O–H groups in total. The number of hydrogen-bond donors (Lipinski definition) is 1. The maximum Gasteiger partial charge on any atom is 0.138 e. The molecule has 132 valence electrons. The van der Waals surface area contributed by atoms with Gasteiger partial charge in [0.25, 0.3) is 0 Å². The van der Waals surface area contributed by atoms with Crippen molar-refractivity contribution in [1.82, 2.24) is 10.4 Å². The third kappa shape index (κ3) is 86.9. The maximum absolute atomic E-state index is 3.69. The lowest BCUT2D eigenvalue weighted by atomic mass is 10.6. The fourth-order valence-corrected chi connectivity index (χ4v) is 0.331. The molecule has 0 unspecified atom stereocenters. The van der Waals surface area contributed by atoms with Crippen LogP contribution < -0.4 is 5.43 Å². The molecule has 0 aliphatic heterocycles. The third-order valence-corrected chi connectivity index (χ3v) is 1.04. The number of allylic oxidation sites excluding steroid dienone is 1. The zero-order valence-corrected chi connectivity index (χ0v) is 17.0. The van der Waals surface area contributed by atoms with E-state index in [1.54, 1.807) is 11.1 Å². The standard InChI is InChI=1S/C5H12N4.C3H8.C3H6.3C2H6/c1-5(8-6-2)9(4)7-3;2*1-3-2;3*1-2/h7H,2H2,1,3-4H3;3H2,1-2H3;3H,1H2,2H3;3*1-2H3/b8-5-;;;;;. The van der Waals surface area contributed by atoms with Crippen LogP contribution >= 0.6 is 0 Å². The van der Waals surface area contributed by atoms with Gasteiger partial charge in [0.15, 0.2) is 0 Å². The van der Waals surface area contributed by atoms with E-state index in [4.69, 9.17) is 0 Å². The summed E-state index contributed by atoms with van der Waals surface area (Å²) in [4.78, 5) is 0. The summed E-state index contributed by atoms with van der Waals surface area (Å²) in [6.07, 6.45) is 3.00. The van der Waals surface area contributed by atoms with Gasteiger partial charge in [0.2, 0.25) is 0 Å². The SMILES string of the molecule is C=CC.C=N/N=C(/C)N(C)NC.CC.CC.CC.CCC. The van der Waals surface area contributed by atoms with Crippen LogP contribution in [0.4, 0.5) is 0 Å². The van der Waals surface area contributed by atoms with E-state index >= 15 is 0 Å². The van der Waals surface area contributed by atoms with Gasteiger partial charge in [-0.25, -0.2) is 5.43 Å². The van der Waals surface area contributed by atoms with E-state index in [-0.39, 0.29) is 0 Å². The van der Waals surface area contributed by atoms with E-state index in [0.717, 1.165) is 5.84 Å². The molecule has 0 saturated carbocycles. The second-order valence-electron chi connectivity index (χ2n) is 2.69. The third-order valence-electron chi connectivity index (χ3n) is 1.04. The van der Waals surface area contributed by atoms with Gasteiger partial charge < -0.3 is 0 Å². The summed E-state index contributed by atoms with van der Waals surface area (Å²) in [5.41, 5.74) is 2.86. The maximum atomic E-state index is 3.69. The highest BCUT2D eigenvalue weighted by Gasteiger charge is 1.92. The number of nitrogens with one attached hydrogen (secondary N) is 1. The molecule has 0 atom stereocenters. The van der Waals surface area contributed by atoms with E-state index in [1.165, 1.54) is 6.42 Å². The lowest BCUT2D eigenvalue weighted by molar-refractivity contribution is 0.405. The molecule has 4 nitrogen and oxygen atoms in total. The Hall–Kier alpha value is -1.16. The van der Waals surface area contributed by atoms with Crippen molar-refractivity contribution < 1.29 is 0 Å². The van der Waals surface area contributed by atoms with Crippen LogP contribution in [0.2, 0.25) is 0 Å². The van der Waals surface area contributed by atoms with E-state index in [2.05, 4.69) is 42.8 Å². The monoisotopic (exact) mass is 304 g/mol. The zero-order chi connectivity index (χ0) is 18.7. The van der Waals surface area contributed by atoms with Crippen molar-refractivity contribution in [3.63, 3.8) is 0 Å². The van der Waals surface area contributed by atoms with Crippen LogP contribution in [-0.4, -0.2) is 31.7 Å².